The van der Waals surface area contributed by atoms with Gasteiger partial charge in [0, 0.05) is 6.20 Å². The molecule has 0 bridgehead atoms. The van der Waals surface area contributed by atoms with Crippen molar-refractivity contribution in [3.8, 4) is 0 Å². The van der Waals surface area contributed by atoms with Crippen molar-refractivity contribution in [3.63, 3.8) is 0 Å². The van der Waals surface area contributed by atoms with Gasteiger partial charge in [-0.15, -0.1) is 0 Å². The van der Waals surface area contributed by atoms with Gasteiger partial charge >= 0.3 is 5.97 Å². The minimum atomic E-state index is -0.938. The average Bonchev–Trinajstić information content (AvgIpc) is 2.55. The normalized spacial score (nSPS) is 10.5. The van der Waals surface area contributed by atoms with Crippen LogP contribution in [-0.4, -0.2) is 25.8 Å². The molecule has 0 saturated heterocycles. The maximum absolute atomic E-state index is 11.0. The highest BCUT2D eigenvalue weighted by Gasteiger charge is 2.17. The van der Waals surface area contributed by atoms with Gasteiger partial charge in [0.2, 0.25) is 0 Å². The van der Waals surface area contributed by atoms with Gasteiger partial charge in [-0.1, -0.05) is 6.07 Å². The lowest BCUT2D eigenvalue weighted by Gasteiger charge is -2.03. The molecule has 1 N–H and O–H groups in total. The Labute approximate surface area is 98.7 Å². The Morgan fingerprint density at radius 2 is 2.18 bits per heavy atom. The second kappa shape index (κ2) is 4.37. The molecular weight excluding hydrogens is 218 g/mol. The van der Waals surface area contributed by atoms with Gasteiger partial charge in [-0.3, -0.25) is 9.67 Å². The molecule has 2 aromatic heterocycles. The molecule has 2 aromatic rings. The van der Waals surface area contributed by atoms with Crippen molar-refractivity contribution < 1.29 is 9.90 Å². The number of aromatic nitrogens is 3. The van der Waals surface area contributed by atoms with Crippen molar-refractivity contribution in [2.75, 3.05) is 0 Å². The van der Waals surface area contributed by atoms with Crippen LogP contribution in [-0.2, 0) is 6.54 Å². The first-order valence-electron chi connectivity index (χ1n) is 5.27. The predicted molar refractivity (Wildman–Crippen MR) is 62.0 cm³/mol. The van der Waals surface area contributed by atoms with Crippen molar-refractivity contribution in [2.24, 2.45) is 0 Å². The van der Waals surface area contributed by atoms with Gasteiger partial charge in [-0.25, -0.2) is 4.79 Å². The van der Waals surface area contributed by atoms with E-state index < -0.39 is 5.97 Å². The molecule has 0 saturated carbocycles. The summed E-state index contributed by atoms with van der Waals surface area (Å²) in [4.78, 5) is 15.2. The van der Waals surface area contributed by atoms with Crippen LogP contribution in [0.4, 0.5) is 0 Å². The summed E-state index contributed by atoms with van der Waals surface area (Å²) in [5, 5.41) is 13.3. The minimum Gasteiger partial charge on any atom is -0.478 e. The molecule has 0 amide bonds. The lowest BCUT2D eigenvalue weighted by molar-refractivity contribution is 0.0695. The highest BCUT2D eigenvalue weighted by Crippen LogP contribution is 2.13. The molecule has 5 heteroatoms. The van der Waals surface area contributed by atoms with E-state index in [9.17, 15) is 4.79 Å². The molecule has 0 radical (unpaired) electrons. The lowest BCUT2D eigenvalue weighted by atomic mass is 10.2. The third-order valence-electron chi connectivity index (χ3n) is 2.63. The molecular formula is C12H13N3O2. The van der Waals surface area contributed by atoms with Crippen LogP contribution in [0.5, 0.6) is 0 Å². The second-order valence-corrected chi connectivity index (χ2v) is 3.83. The standard InChI is InChI=1S/C12H13N3O2/c1-8-11(12(16)17)9(2)15(14-8)7-10-5-3-4-6-13-10/h3-6H,7H2,1-2H3,(H,16,17). The van der Waals surface area contributed by atoms with Gasteiger partial charge in [0.1, 0.15) is 5.56 Å². The summed E-state index contributed by atoms with van der Waals surface area (Å²) in [5.74, 6) is -0.938. The van der Waals surface area contributed by atoms with Crippen molar-refractivity contribution in [3.05, 3.63) is 47.0 Å². The molecule has 2 rings (SSSR count). The number of rotatable bonds is 3. The molecule has 0 spiro atoms. The fourth-order valence-electron chi connectivity index (χ4n) is 1.81. The van der Waals surface area contributed by atoms with E-state index in [1.807, 2.05) is 18.2 Å². The molecule has 0 unspecified atom stereocenters. The summed E-state index contributed by atoms with van der Waals surface area (Å²) < 4.78 is 1.67. The monoisotopic (exact) mass is 231 g/mol. The van der Waals surface area contributed by atoms with Gasteiger partial charge < -0.3 is 5.11 Å². The van der Waals surface area contributed by atoms with Gasteiger partial charge in [0.05, 0.1) is 23.6 Å². The van der Waals surface area contributed by atoms with Crippen LogP contribution in [0.3, 0.4) is 0 Å². The van der Waals surface area contributed by atoms with Crippen LogP contribution in [0, 0.1) is 13.8 Å². The zero-order chi connectivity index (χ0) is 12.4. The fraction of sp³-hybridized carbons (Fsp3) is 0.250. The number of hydrogen-bond donors (Lipinski definition) is 1. The number of pyridine rings is 1. The first kappa shape index (κ1) is 11.3. The zero-order valence-electron chi connectivity index (χ0n) is 9.71. The van der Waals surface area contributed by atoms with Crippen LogP contribution >= 0.6 is 0 Å². The Morgan fingerprint density at radius 1 is 1.41 bits per heavy atom. The molecule has 0 aliphatic rings. The predicted octanol–water partition coefficient (Wildman–Crippen LogP) is 1.64. The van der Waals surface area contributed by atoms with Crippen LogP contribution in [0.25, 0.3) is 0 Å². The number of carboxylic acids is 1. The van der Waals surface area contributed by atoms with Crippen molar-refractivity contribution in [1.29, 1.82) is 0 Å². The van der Waals surface area contributed by atoms with Gasteiger partial charge in [-0.2, -0.15) is 5.10 Å². The van der Waals surface area contributed by atoms with E-state index in [1.165, 1.54) is 0 Å². The summed E-state index contributed by atoms with van der Waals surface area (Å²) in [5.41, 5.74) is 2.32. The SMILES string of the molecule is Cc1nn(Cc2ccccn2)c(C)c1C(=O)O. The van der Waals surface area contributed by atoms with E-state index in [4.69, 9.17) is 5.11 Å². The molecule has 2 heterocycles. The summed E-state index contributed by atoms with van der Waals surface area (Å²) in [6.07, 6.45) is 1.71. The Hall–Kier alpha value is -2.17. The number of aryl methyl sites for hydroxylation is 1. The molecule has 0 atom stereocenters. The van der Waals surface area contributed by atoms with Crippen LogP contribution in [0.1, 0.15) is 27.4 Å². The average molecular weight is 231 g/mol. The Balaban J connectivity index is 2.35. The van der Waals surface area contributed by atoms with E-state index in [2.05, 4.69) is 10.1 Å². The molecule has 5 nitrogen and oxygen atoms in total. The molecule has 0 fully saturated rings. The van der Waals surface area contributed by atoms with Gasteiger partial charge in [-0.05, 0) is 26.0 Å². The van der Waals surface area contributed by atoms with Crippen molar-refractivity contribution >= 4 is 5.97 Å². The first-order valence-corrected chi connectivity index (χ1v) is 5.27. The van der Waals surface area contributed by atoms with Crippen LogP contribution in [0.15, 0.2) is 24.4 Å². The van der Waals surface area contributed by atoms with E-state index in [0.29, 0.717) is 17.9 Å². The zero-order valence-corrected chi connectivity index (χ0v) is 9.71. The number of hydrogen-bond acceptors (Lipinski definition) is 3. The Kier molecular flexibility index (Phi) is 2.91. The molecule has 0 aliphatic heterocycles. The number of nitrogens with zero attached hydrogens (tertiary/aromatic N) is 3. The molecule has 0 aliphatic carbocycles. The van der Waals surface area contributed by atoms with E-state index in [1.54, 1.807) is 24.7 Å². The van der Waals surface area contributed by atoms with Crippen molar-refractivity contribution in [1.82, 2.24) is 14.8 Å². The van der Waals surface area contributed by atoms with E-state index >= 15 is 0 Å². The highest BCUT2D eigenvalue weighted by atomic mass is 16.4. The van der Waals surface area contributed by atoms with Gasteiger partial charge in [0.25, 0.3) is 0 Å². The highest BCUT2D eigenvalue weighted by molar-refractivity contribution is 5.90. The third-order valence-corrected chi connectivity index (χ3v) is 2.63. The number of carboxylic acid groups (broad SMARTS) is 1. The minimum absolute atomic E-state index is 0.279. The quantitative estimate of drug-likeness (QED) is 0.871. The van der Waals surface area contributed by atoms with E-state index in [0.717, 1.165) is 5.69 Å². The molecule has 17 heavy (non-hydrogen) atoms. The summed E-state index contributed by atoms with van der Waals surface area (Å²) >= 11 is 0. The third kappa shape index (κ3) is 2.18. The van der Waals surface area contributed by atoms with Gasteiger partial charge in [0.15, 0.2) is 0 Å². The fourth-order valence-corrected chi connectivity index (χ4v) is 1.81. The first-order chi connectivity index (χ1) is 8.09. The number of carbonyl (C=O) groups is 1. The summed E-state index contributed by atoms with van der Waals surface area (Å²) in [6.45, 7) is 3.94. The smallest absolute Gasteiger partial charge is 0.339 e. The Bertz CT molecular complexity index is 546. The molecule has 0 aromatic carbocycles. The Morgan fingerprint density at radius 3 is 2.71 bits per heavy atom. The second-order valence-electron chi connectivity index (χ2n) is 3.83. The topological polar surface area (TPSA) is 68.0 Å². The van der Waals surface area contributed by atoms with Crippen molar-refractivity contribution in [2.45, 2.75) is 20.4 Å². The van der Waals surface area contributed by atoms with E-state index in [-0.39, 0.29) is 5.56 Å². The molecule has 88 valence electrons. The summed E-state index contributed by atoms with van der Waals surface area (Å²) in [6, 6.07) is 5.62. The maximum Gasteiger partial charge on any atom is 0.339 e. The lowest BCUT2D eigenvalue weighted by Crippen LogP contribution is -2.06. The van der Waals surface area contributed by atoms with Crippen LogP contribution in [0.2, 0.25) is 0 Å². The largest absolute Gasteiger partial charge is 0.478 e. The number of aromatic carboxylic acids is 1. The summed E-state index contributed by atoms with van der Waals surface area (Å²) in [7, 11) is 0. The van der Waals surface area contributed by atoms with Crippen LogP contribution < -0.4 is 0 Å². The maximum atomic E-state index is 11.0.